The van der Waals surface area contributed by atoms with Gasteiger partial charge in [0.15, 0.2) is 5.81 Å². The second-order valence-corrected chi connectivity index (χ2v) is 4.87. The number of amides is 1. The van der Waals surface area contributed by atoms with Gasteiger partial charge in [-0.25, -0.2) is 0 Å². The maximum absolute atomic E-state index is 11.3. The van der Waals surface area contributed by atoms with E-state index in [2.05, 4.69) is 28.1 Å². The first-order valence-corrected chi connectivity index (χ1v) is 5.99. The Morgan fingerprint density at radius 2 is 2.20 bits per heavy atom. The molecule has 0 aliphatic carbocycles. The zero-order valence-corrected chi connectivity index (χ0v) is 10.4. The molecule has 0 radical (unpaired) electrons. The number of hydrogen-bond donors (Lipinski definition) is 0. The molecule has 0 fully saturated rings. The average molecular weight is 266 g/mol. The molecule has 0 aromatic heterocycles. The van der Waals surface area contributed by atoms with Crippen molar-refractivity contribution in [3.63, 3.8) is 0 Å². The number of aryl methyl sites for hydroxylation is 1. The van der Waals surface area contributed by atoms with Crippen molar-refractivity contribution in [2.24, 2.45) is 0 Å². The van der Waals surface area contributed by atoms with Crippen molar-refractivity contribution in [3.8, 4) is 0 Å². The Kier molecular flexibility index (Phi) is 3.15. The van der Waals surface area contributed by atoms with Crippen LogP contribution >= 0.6 is 15.9 Å². The summed E-state index contributed by atoms with van der Waals surface area (Å²) in [5.41, 5.74) is 2.65. The fraction of sp³-hybridized carbons (Fsp3) is 0.364. The maximum atomic E-state index is 11.3. The summed E-state index contributed by atoms with van der Waals surface area (Å²) in [6.45, 7) is 1.64. The summed E-state index contributed by atoms with van der Waals surface area (Å²) in [6, 6.07) is 6.32. The lowest BCUT2D eigenvalue weighted by molar-refractivity contribution is 0.220. The van der Waals surface area contributed by atoms with Crippen LogP contribution in [0.4, 0.5) is 4.79 Å². The van der Waals surface area contributed by atoms with Gasteiger partial charge < -0.3 is 4.90 Å². The Hall–Kier alpha value is -0.765. The van der Waals surface area contributed by atoms with Crippen LogP contribution in [0.1, 0.15) is 17.5 Å². The van der Waals surface area contributed by atoms with Crippen molar-refractivity contribution in [2.75, 3.05) is 6.54 Å². The van der Waals surface area contributed by atoms with Gasteiger partial charge in [-0.1, -0.05) is 22.0 Å². The highest BCUT2D eigenvalue weighted by atomic mass is 79.9. The van der Waals surface area contributed by atoms with Crippen LogP contribution in [0.5, 0.6) is 0 Å². The monoisotopic (exact) mass is 265 g/mol. The third-order valence-corrected chi connectivity index (χ3v) is 3.34. The first-order valence-electron chi connectivity index (χ1n) is 5.19. The molecule has 4 heteroatoms. The standard InChI is InChI=1S/C11H13BBrNO/c12-11(15)14-5-1-2-8-6-10(13)4-3-9(8)7-14/h3-4,6H,1-2,5,7,12H2. The summed E-state index contributed by atoms with van der Waals surface area (Å²) in [5, 5.41) is 0. The second kappa shape index (κ2) is 4.39. The number of benzene rings is 1. The van der Waals surface area contributed by atoms with Crippen LogP contribution < -0.4 is 0 Å². The van der Waals surface area contributed by atoms with Gasteiger partial charge in [-0.3, -0.25) is 4.79 Å². The molecular weight excluding hydrogens is 253 g/mol. The molecule has 0 spiro atoms. The molecule has 15 heavy (non-hydrogen) atoms. The van der Waals surface area contributed by atoms with Gasteiger partial charge in [-0.2, -0.15) is 0 Å². The van der Waals surface area contributed by atoms with Gasteiger partial charge in [0, 0.05) is 17.6 Å². The molecule has 0 unspecified atom stereocenters. The molecular formula is C11H13BBrNO. The van der Waals surface area contributed by atoms with Crippen molar-refractivity contribution in [1.29, 1.82) is 0 Å². The number of fused-ring (bicyclic) bond motifs is 1. The first kappa shape index (κ1) is 10.7. The number of halogens is 1. The molecule has 1 amide bonds. The fourth-order valence-electron chi connectivity index (χ4n) is 2.00. The summed E-state index contributed by atoms with van der Waals surface area (Å²) in [5.74, 6) is 0.172. The zero-order chi connectivity index (χ0) is 10.8. The van der Waals surface area contributed by atoms with Crippen LogP contribution in [0.15, 0.2) is 22.7 Å². The van der Waals surface area contributed by atoms with E-state index in [0.29, 0.717) is 0 Å². The van der Waals surface area contributed by atoms with E-state index in [1.165, 1.54) is 11.1 Å². The zero-order valence-electron chi connectivity index (χ0n) is 8.79. The molecule has 2 rings (SSSR count). The minimum absolute atomic E-state index is 0.172. The Morgan fingerprint density at radius 3 is 2.93 bits per heavy atom. The summed E-state index contributed by atoms with van der Waals surface area (Å²) in [6.07, 6.45) is 2.13. The lowest BCUT2D eigenvalue weighted by Crippen LogP contribution is -2.29. The Morgan fingerprint density at radius 1 is 1.40 bits per heavy atom. The Bertz CT molecular complexity index is 394. The molecule has 1 aromatic rings. The molecule has 0 saturated heterocycles. The van der Waals surface area contributed by atoms with Crippen LogP contribution in [0.25, 0.3) is 0 Å². The van der Waals surface area contributed by atoms with Gasteiger partial charge >= 0.3 is 0 Å². The van der Waals surface area contributed by atoms with Crippen LogP contribution in [0.3, 0.4) is 0 Å². The van der Waals surface area contributed by atoms with Crippen LogP contribution in [-0.4, -0.2) is 25.1 Å². The van der Waals surface area contributed by atoms with Gasteiger partial charge in [0.25, 0.3) is 0 Å². The predicted octanol–water partition coefficient (Wildman–Crippen LogP) is 1.95. The quantitative estimate of drug-likeness (QED) is 0.657. The predicted molar refractivity (Wildman–Crippen MR) is 66.8 cm³/mol. The van der Waals surface area contributed by atoms with Gasteiger partial charge in [-0.15, -0.1) is 0 Å². The summed E-state index contributed by atoms with van der Waals surface area (Å²) in [4.78, 5) is 13.3. The number of nitrogens with zero attached hydrogens (tertiary/aromatic N) is 1. The molecule has 1 aliphatic heterocycles. The minimum atomic E-state index is 0.172. The smallest absolute Gasteiger partial charge is 0.215 e. The van der Waals surface area contributed by atoms with Gasteiger partial charge in [0.1, 0.15) is 0 Å². The van der Waals surface area contributed by atoms with E-state index >= 15 is 0 Å². The lowest BCUT2D eigenvalue weighted by atomic mass is 10.0. The third kappa shape index (κ3) is 2.43. The summed E-state index contributed by atoms with van der Waals surface area (Å²) in [7, 11) is 1.64. The van der Waals surface area contributed by atoms with E-state index in [9.17, 15) is 4.79 Å². The highest BCUT2D eigenvalue weighted by Crippen LogP contribution is 2.22. The molecule has 1 aromatic carbocycles. The van der Waals surface area contributed by atoms with Crippen LogP contribution in [-0.2, 0) is 13.0 Å². The molecule has 0 saturated carbocycles. The highest BCUT2D eigenvalue weighted by Gasteiger charge is 2.15. The van der Waals surface area contributed by atoms with Crippen molar-refractivity contribution in [2.45, 2.75) is 19.4 Å². The minimum Gasteiger partial charge on any atom is -0.348 e. The van der Waals surface area contributed by atoms with E-state index < -0.39 is 0 Å². The average Bonchev–Trinajstić information content (AvgIpc) is 2.39. The van der Waals surface area contributed by atoms with E-state index in [1.54, 1.807) is 7.85 Å². The first-order chi connectivity index (χ1) is 7.16. The largest absolute Gasteiger partial charge is 0.348 e. The van der Waals surface area contributed by atoms with Crippen molar-refractivity contribution in [3.05, 3.63) is 33.8 Å². The number of carbonyl (C=O) groups is 1. The van der Waals surface area contributed by atoms with Crippen LogP contribution in [0.2, 0.25) is 0 Å². The molecule has 78 valence electrons. The third-order valence-electron chi connectivity index (χ3n) is 2.85. The number of hydrogen-bond acceptors (Lipinski definition) is 1. The van der Waals surface area contributed by atoms with Gasteiger partial charge in [0.05, 0.1) is 0 Å². The van der Waals surface area contributed by atoms with Crippen LogP contribution in [0, 0.1) is 0 Å². The molecule has 0 bridgehead atoms. The Balaban J connectivity index is 2.29. The van der Waals surface area contributed by atoms with E-state index in [-0.39, 0.29) is 5.81 Å². The lowest BCUT2D eigenvalue weighted by Gasteiger charge is -2.19. The highest BCUT2D eigenvalue weighted by molar-refractivity contribution is 9.10. The number of carbonyl (C=O) groups excluding carboxylic acids is 1. The van der Waals surface area contributed by atoms with Gasteiger partial charge in [0.2, 0.25) is 7.85 Å². The molecule has 1 aliphatic rings. The maximum Gasteiger partial charge on any atom is 0.215 e. The van der Waals surface area contributed by atoms with Crippen molar-refractivity contribution < 1.29 is 4.79 Å². The topological polar surface area (TPSA) is 20.3 Å². The molecule has 0 atom stereocenters. The normalized spacial score (nSPS) is 15.7. The van der Waals surface area contributed by atoms with Crippen molar-refractivity contribution in [1.82, 2.24) is 4.90 Å². The summed E-state index contributed by atoms with van der Waals surface area (Å²) < 4.78 is 1.12. The molecule has 1 heterocycles. The Labute approximate surface area is 99.2 Å². The number of rotatable bonds is 0. The molecule has 2 nitrogen and oxygen atoms in total. The fourth-order valence-corrected chi connectivity index (χ4v) is 2.40. The van der Waals surface area contributed by atoms with E-state index in [0.717, 1.165) is 30.4 Å². The SMILES string of the molecule is BC(=O)N1CCCc2cc(Br)ccc2C1. The summed E-state index contributed by atoms with van der Waals surface area (Å²) >= 11 is 3.48. The van der Waals surface area contributed by atoms with Crippen molar-refractivity contribution >= 4 is 29.6 Å². The molecule has 0 N–H and O–H groups in total. The van der Waals surface area contributed by atoms with E-state index in [4.69, 9.17) is 0 Å². The van der Waals surface area contributed by atoms with E-state index in [1.807, 2.05) is 11.0 Å². The second-order valence-electron chi connectivity index (χ2n) is 3.96. The van der Waals surface area contributed by atoms with Gasteiger partial charge in [-0.05, 0) is 36.1 Å².